The Bertz CT molecular complexity index is 223. The van der Waals surface area contributed by atoms with Crippen LogP contribution in [0.3, 0.4) is 0 Å². The average molecular weight is 188 g/mol. The van der Waals surface area contributed by atoms with Crippen molar-refractivity contribution in [3.05, 3.63) is 0 Å². The van der Waals surface area contributed by atoms with Crippen molar-refractivity contribution in [3.63, 3.8) is 0 Å². The molecule has 2 amide bonds. The molecule has 6 nitrogen and oxygen atoms in total. The first-order valence-electron chi connectivity index (χ1n) is 3.71. The minimum atomic E-state index is -0.944. The van der Waals surface area contributed by atoms with Gasteiger partial charge in [-0.1, -0.05) is 0 Å². The van der Waals surface area contributed by atoms with Crippen molar-refractivity contribution < 1.29 is 19.5 Å². The van der Waals surface area contributed by atoms with Gasteiger partial charge in [-0.2, -0.15) is 0 Å². The highest BCUT2D eigenvalue weighted by atomic mass is 16.4. The topological polar surface area (TPSA) is 109 Å². The molecule has 0 radical (unpaired) electrons. The van der Waals surface area contributed by atoms with E-state index in [9.17, 15) is 14.4 Å². The molecule has 0 bridgehead atoms. The highest BCUT2D eigenvalue weighted by Gasteiger charge is 2.26. The summed E-state index contributed by atoms with van der Waals surface area (Å²) in [5.74, 6) is -1.44. The summed E-state index contributed by atoms with van der Waals surface area (Å²) in [7, 11) is 0. The zero-order valence-electron chi connectivity index (χ0n) is 7.24. The molecule has 6 heteroatoms. The van der Waals surface area contributed by atoms with Crippen LogP contribution in [0.4, 0.5) is 0 Å². The third-order valence-electron chi connectivity index (χ3n) is 1.29. The van der Waals surface area contributed by atoms with Gasteiger partial charge in [-0.05, 0) is 6.42 Å². The van der Waals surface area contributed by atoms with Gasteiger partial charge in [-0.25, -0.2) is 4.79 Å². The van der Waals surface area contributed by atoms with E-state index in [1.54, 1.807) is 0 Å². The highest BCUT2D eigenvalue weighted by Crippen LogP contribution is 2.05. The second-order valence-corrected chi connectivity index (χ2v) is 2.61. The molecule has 0 saturated carbocycles. The van der Waals surface area contributed by atoms with Crippen LogP contribution in [0.2, 0.25) is 0 Å². The number of primary amides is 1. The predicted molar refractivity (Wildman–Crippen MR) is 43.7 cm³/mol. The molecule has 1 aliphatic rings. The lowest BCUT2D eigenvalue weighted by Crippen LogP contribution is -2.32. The molecule has 0 aliphatic carbocycles. The fraction of sp³-hybridized carbons (Fsp3) is 0.571. The number of hydrogen-bond acceptors (Lipinski definition) is 3. The fourth-order valence-electron chi connectivity index (χ4n) is 0.799. The Morgan fingerprint density at radius 1 is 1.62 bits per heavy atom. The number of amides is 2. The molecule has 0 unspecified atom stereocenters. The second-order valence-electron chi connectivity index (χ2n) is 2.61. The van der Waals surface area contributed by atoms with Crippen LogP contribution in [-0.4, -0.2) is 28.9 Å². The van der Waals surface area contributed by atoms with E-state index in [0.717, 1.165) is 0 Å². The van der Waals surface area contributed by atoms with E-state index in [1.165, 1.54) is 6.92 Å². The maximum atomic E-state index is 10.4. The van der Waals surface area contributed by atoms with Gasteiger partial charge < -0.3 is 16.2 Å². The maximum absolute atomic E-state index is 10.4. The van der Waals surface area contributed by atoms with Crippen LogP contribution >= 0.6 is 0 Å². The predicted octanol–water partition coefficient (Wildman–Crippen LogP) is -1.16. The van der Waals surface area contributed by atoms with E-state index in [1.807, 2.05) is 0 Å². The first-order chi connectivity index (χ1) is 5.93. The lowest BCUT2D eigenvalue weighted by atomic mass is 10.2. The number of nitrogens with one attached hydrogen (secondary N) is 1. The molecule has 1 fully saturated rings. The summed E-state index contributed by atoms with van der Waals surface area (Å²) in [5, 5.41) is 10.6. The second kappa shape index (κ2) is 5.13. The minimum Gasteiger partial charge on any atom is -0.480 e. The maximum Gasteiger partial charge on any atom is 0.326 e. The Labute approximate surface area is 75.1 Å². The lowest BCUT2D eigenvalue weighted by Gasteiger charge is -1.99. The largest absolute Gasteiger partial charge is 0.480 e. The number of aliphatic carboxylic acids is 1. The third kappa shape index (κ3) is 5.66. The van der Waals surface area contributed by atoms with Crippen molar-refractivity contribution >= 4 is 17.8 Å². The molecule has 0 aromatic rings. The van der Waals surface area contributed by atoms with E-state index in [4.69, 9.17) is 5.11 Å². The van der Waals surface area contributed by atoms with Gasteiger partial charge in [0.15, 0.2) is 0 Å². The van der Waals surface area contributed by atoms with Crippen LogP contribution in [0.25, 0.3) is 0 Å². The third-order valence-corrected chi connectivity index (χ3v) is 1.29. The molecular weight excluding hydrogens is 176 g/mol. The number of carboxylic acid groups (broad SMARTS) is 1. The molecule has 0 aromatic heterocycles. The zero-order chi connectivity index (χ0) is 10.4. The summed E-state index contributed by atoms with van der Waals surface area (Å²) < 4.78 is 0. The molecule has 1 atom stereocenters. The van der Waals surface area contributed by atoms with Gasteiger partial charge in [0, 0.05) is 13.3 Å². The number of rotatable bonds is 1. The monoisotopic (exact) mass is 188 g/mol. The van der Waals surface area contributed by atoms with Crippen LogP contribution in [0.1, 0.15) is 19.8 Å². The van der Waals surface area contributed by atoms with E-state index in [0.29, 0.717) is 12.8 Å². The van der Waals surface area contributed by atoms with E-state index in [-0.39, 0.29) is 11.8 Å². The molecule has 1 saturated heterocycles. The van der Waals surface area contributed by atoms with Gasteiger partial charge in [-0.3, -0.25) is 9.59 Å². The van der Waals surface area contributed by atoms with Crippen molar-refractivity contribution in [1.29, 1.82) is 0 Å². The number of carboxylic acids is 1. The standard InChI is InChI=1S/C5H7NO3.C2H5NO/c7-4-2-1-3(6-4)5(8)9;1-2(3)4/h3H,1-2H2,(H,6,7)(H,8,9);1H3,(H2,3,4)/t3-;/m1./s1. The quantitative estimate of drug-likeness (QED) is 0.482. The van der Waals surface area contributed by atoms with Gasteiger partial charge in [0.1, 0.15) is 6.04 Å². The molecule has 1 heterocycles. The average Bonchev–Trinajstić information content (AvgIpc) is 2.34. The fourth-order valence-corrected chi connectivity index (χ4v) is 0.799. The van der Waals surface area contributed by atoms with E-state index >= 15 is 0 Å². The Hall–Kier alpha value is -1.59. The molecule has 13 heavy (non-hydrogen) atoms. The molecule has 1 rings (SSSR count). The summed E-state index contributed by atoms with van der Waals surface area (Å²) in [5.41, 5.74) is 4.47. The molecule has 4 N–H and O–H groups in total. The van der Waals surface area contributed by atoms with Crippen LogP contribution < -0.4 is 11.1 Å². The van der Waals surface area contributed by atoms with Crippen LogP contribution in [0.15, 0.2) is 0 Å². The smallest absolute Gasteiger partial charge is 0.326 e. The summed E-state index contributed by atoms with van der Waals surface area (Å²) in [6, 6.07) is -0.641. The lowest BCUT2D eigenvalue weighted by molar-refractivity contribution is -0.140. The summed E-state index contributed by atoms with van der Waals surface area (Å²) in [4.78, 5) is 29.7. The van der Waals surface area contributed by atoms with E-state index in [2.05, 4.69) is 11.1 Å². The number of hydrogen-bond donors (Lipinski definition) is 3. The molecule has 0 spiro atoms. The van der Waals surface area contributed by atoms with Gasteiger partial charge in [0.2, 0.25) is 11.8 Å². The molecule has 74 valence electrons. The van der Waals surface area contributed by atoms with Crippen molar-refractivity contribution in [2.75, 3.05) is 0 Å². The summed E-state index contributed by atoms with van der Waals surface area (Å²) in [6.07, 6.45) is 0.769. The van der Waals surface area contributed by atoms with Gasteiger partial charge >= 0.3 is 5.97 Å². The van der Waals surface area contributed by atoms with Gasteiger partial charge in [0.05, 0.1) is 0 Å². The van der Waals surface area contributed by atoms with Crippen molar-refractivity contribution in [2.24, 2.45) is 5.73 Å². The first kappa shape index (κ1) is 11.4. The first-order valence-corrected chi connectivity index (χ1v) is 3.71. The summed E-state index contributed by atoms with van der Waals surface area (Å²) in [6.45, 7) is 1.31. The van der Waals surface area contributed by atoms with Crippen LogP contribution in [0.5, 0.6) is 0 Å². The van der Waals surface area contributed by atoms with E-state index < -0.39 is 12.0 Å². The number of carbonyl (C=O) groups excluding carboxylic acids is 2. The van der Waals surface area contributed by atoms with Crippen molar-refractivity contribution in [3.8, 4) is 0 Å². The number of carbonyl (C=O) groups is 3. The Morgan fingerprint density at radius 3 is 2.23 bits per heavy atom. The highest BCUT2D eigenvalue weighted by molar-refractivity contribution is 5.87. The molecule has 0 aromatic carbocycles. The Balaban J connectivity index is 0.000000310. The SMILES string of the molecule is CC(N)=O.O=C1CC[C@H](C(=O)O)N1. The zero-order valence-corrected chi connectivity index (χ0v) is 7.24. The number of nitrogens with two attached hydrogens (primary N) is 1. The molecular formula is C7H12N2O4. The molecule has 1 aliphatic heterocycles. The minimum absolute atomic E-state index is 0.164. The van der Waals surface area contributed by atoms with Gasteiger partial charge in [0.25, 0.3) is 0 Å². The normalized spacial score (nSPS) is 19.8. The Morgan fingerprint density at radius 2 is 2.08 bits per heavy atom. The van der Waals surface area contributed by atoms with Crippen LogP contribution in [-0.2, 0) is 14.4 Å². The van der Waals surface area contributed by atoms with Crippen molar-refractivity contribution in [2.45, 2.75) is 25.8 Å². The van der Waals surface area contributed by atoms with Gasteiger partial charge in [-0.15, -0.1) is 0 Å². The Kier molecular flexibility index (Phi) is 4.50. The summed E-state index contributed by atoms with van der Waals surface area (Å²) >= 11 is 0. The van der Waals surface area contributed by atoms with Crippen LogP contribution in [0, 0.1) is 0 Å². The van der Waals surface area contributed by atoms with Crippen molar-refractivity contribution in [1.82, 2.24) is 5.32 Å².